The van der Waals surface area contributed by atoms with Crippen LogP contribution in [0.3, 0.4) is 0 Å². The minimum atomic E-state index is 0.355. The van der Waals surface area contributed by atoms with Crippen LogP contribution >= 0.6 is 0 Å². The van der Waals surface area contributed by atoms with E-state index in [9.17, 15) is 0 Å². The molecule has 0 rings (SSSR count). The highest BCUT2D eigenvalue weighted by molar-refractivity contribution is 4.66. The Bertz CT molecular complexity index is 113. The van der Waals surface area contributed by atoms with Gasteiger partial charge in [0, 0.05) is 6.61 Å². The molecule has 0 radical (unpaired) electrons. The second-order valence-electron chi connectivity index (χ2n) is 5.44. The van der Waals surface area contributed by atoms with Crippen molar-refractivity contribution < 1.29 is 5.11 Å². The van der Waals surface area contributed by atoms with Gasteiger partial charge in [0.1, 0.15) is 0 Å². The Kier molecular flexibility index (Phi) is 6.40. The van der Waals surface area contributed by atoms with E-state index in [2.05, 4.69) is 27.7 Å². The van der Waals surface area contributed by atoms with Crippen LogP contribution in [0.1, 0.15) is 59.8 Å². The van der Waals surface area contributed by atoms with Gasteiger partial charge in [0.05, 0.1) is 0 Å². The third kappa shape index (κ3) is 9.88. The summed E-state index contributed by atoms with van der Waals surface area (Å²) in [5.74, 6) is 0.832. The molecule has 0 aliphatic carbocycles. The minimum absolute atomic E-state index is 0.355. The summed E-state index contributed by atoms with van der Waals surface area (Å²) >= 11 is 0. The van der Waals surface area contributed by atoms with Crippen molar-refractivity contribution in [1.29, 1.82) is 0 Å². The molecule has 0 bridgehead atoms. The largest absolute Gasteiger partial charge is 0.396 e. The number of aliphatic hydroxyl groups excluding tert-OH is 1. The lowest BCUT2D eigenvalue weighted by atomic mass is 9.83. The van der Waals surface area contributed by atoms with Crippen molar-refractivity contribution in [2.24, 2.45) is 11.3 Å². The summed E-state index contributed by atoms with van der Waals surface area (Å²) in [5.41, 5.74) is 0.469. The van der Waals surface area contributed by atoms with Gasteiger partial charge in [-0.25, -0.2) is 0 Å². The first kappa shape index (κ1) is 13.0. The summed E-state index contributed by atoms with van der Waals surface area (Å²) in [6.45, 7) is 9.60. The maximum absolute atomic E-state index is 8.62. The fourth-order valence-corrected chi connectivity index (χ4v) is 1.93. The van der Waals surface area contributed by atoms with Crippen molar-refractivity contribution >= 4 is 0 Å². The lowest BCUT2D eigenvalue weighted by Gasteiger charge is -2.23. The molecule has 0 aliphatic rings. The van der Waals surface area contributed by atoms with Crippen molar-refractivity contribution in [3.63, 3.8) is 0 Å². The molecule has 80 valence electrons. The molecule has 0 aromatic heterocycles. The summed E-state index contributed by atoms with van der Waals surface area (Å²) in [6.07, 6.45) is 6.06. The molecule has 0 saturated heterocycles. The highest BCUT2D eigenvalue weighted by Gasteiger charge is 2.14. The molecule has 0 fully saturated rings. The minimum Gasteiger partial charge on any atom is -0.396 e. The van der Waals surface area contributed by atoms with Gasteiger partial charge < -0.3 is 5.11 Å². The van der Waals surface area contributed by atoms with E-state index in [1.807, 2.05) is 0 Å². The predicted molar refractivity (Wildman–Crippen MR) is 58.8 cm³/mol. The van der Waals surface area contributed by atoms with Gasteiger partial charge in [-0.15, -0.1) is 0 Å². The Morgan fingerprint density at radius 1 is 1.08 bits per heavy atom. The van der Waals surface area contributed by atoms with Crippen molar-refractivity contribution in [3.05, 3.63) is 0 Å². The Morgan fingerprint density at radius 2 is 1.69 bits per heavy atom. The average Bonchev–Trinajstić information content (AvgIpc) is 1.94. The molecular formula is C12H26O. The van der Waals surface area contributed by atoms with Crippen LogP contribution in [0, 0.1) is 11.3 Å². The van der Waals surface area contributed by atoms with E-state index in [0.717, 1.165) is 12.3 Å². The Hall–Kier alpha value is -0.0400. The van der Waals surface area contributed by atoms with Crippen LogP contribution < -0.4 is 0 Å². The lowest BCUT2D eigenvalue weighted by Crippen LogP contribution is -2.10. The van der Waals surface area contributed by atoms with Crippen LogP contribution in [0.5, 0.6) is 0 Å². The SMILES string of the molecule is CC(CCCCCO)CC(C)(C)C. The van der Waals surface area contributed by atoms with Gasteiger partial charge in [0.25, 0.3) is 0 Å². The van der Waals surface area contributed by atoms with E-state index in [1.165, 1.54) is 25.7 Å². The summed E-state index contributed by atoms with van der Waals surface area (Å²) in [5, 5.41) is 8.62. The van der Waals surface area contributed by atoms with Gasteiger partial charge in [0.2, 0.25) is 0 Å². The highest BCUT2D eigenvalue weighted by Crippen LogP contribution is 2.26. The second kappa shape index (κ2) is 6.42. The molecule has 0 spiro atoms. The third-order valence-electron chi connectivity index (χ3n) is 2.32. The number of unbranched alkanes of at least 4 members (excludes halogenated alkanes) is 2. The average molecular weight is 186 g/mol. The van der Waals surface area contributed by atoms with Gasteiger partial charge in [-0.3, -0.25) is 0 Å². The van der Waals surface area contributed by atoms with Crippen molar-refractivity contribution in [2.45, 2.75) is 59.8 Å². The van der Waals surface area contributed by atoms with Gasteiger partial charge in [-0.05, 0) is 24.2 Å². The third-order valence-corrected chi connectivity index (χ3v) is 2.32. The number of aliphatic hydroxyl groups is 1. The van der Waals surface area contributed by atoms with Crippen molar-refractivity contribution in [2.75, 3.05) is 6.61 Å². The molecule has 0 heterocycles. The van der Waals surface area contributed by atoms with Crippen LogP contribution in [0.15, 0.2) is 0 Å². The van der Waals surface area contributed by atoms with Gasteiger partial charge in [-0.2, -0.15) is 0 Å². The van der Waals surface area contributed by atoms with Crippen LogP contribution in [0.2, 0.25) is 0 Å². The Morgan fingerprint density at radius 3 is 2.15 bits per heavy atom. The monoisotopic (exact) mass is 186 g/mol. The van der Waals surface area contributed by atoms with Crippen molar-refractivity contribution in [1.82, 2.24) is 0 Å². The van der Waals surface area contributed by atoms with Crippen LogP contribution in [-0.4, -0.2) is 11.7 Å². The number of hydrogen-bond acceptors (Lipinski definition) is 1. The number of hydrogen-bond donors (Lipinski definition) is 1. The van der Waals surface area contributed by atoms with E-state index in [4.69, 9.17) is 5.11 Å². The quantitative estimate of drug-likeness (QED) is 0.628. The maximum Gasteiger partial charge on any atom is 0.0431 e. The zero-order valence-corrected chi connectivity index (χ0v) is 9.77. The van der Waals surface area contributed by atoms with E-state index in [1.54, 1.807) is 0 Å². The topological polar surface area (TPSA) is 20.2 Å². The fourth-order valence-electron chi connectivity index (χ4n) is 1.93. The molecule has 1 heteroatoms. The Balaban J connectivity index is 3.35. The first-order valence-electron chi connectivity index (χ1n) is 5.56. The molecule has 0 aromatic carbocycles. The van der Waals surface area contributed by atoms with E-state index >= 15 is 0 Å². The predicted octanol–water partition coefficient (Wildman–Crippen LogP) is 3.61. The Labute approximate surface area is 83.5 Å². The molecule has 13 heavy (non-hydrogen) atoms. The summed E-state index contributed by atoms with van der Waals surface area (Å²) in [7, 11) is 0. The number of rotatable bonds is 6. The smallest absolute Gasteiger partial charge is 0.0431 e. The molecule has 1 atom stereocenters. The lowest BCUT2D eigenvalue weighted by molar-refractivity contribution is 0.270. The van der Waals surface area contributed by atoms with E-state index in [0.29, 0.717) is 12.0 Å². The molecule has 1 unspecified atom stereocenters. The van der Waals surface area contributed by atoms with Gasteiger partial charge >= 0.3 is 0 Å². The molecule has 0 aliphatic heterocycles. The van der Waals surface area contributed by atoms with E-state index < -0.39 is 0 Å². The molecule has 0 saturated carbocycles. The van der Waals surface area contributed by atoms with Gasteiger partial charge in [0.15, 0.2) is 0 Å². The first-order valence-corrected chi connectivity index (χ1v) is 5.56. The summed E-state index contributed by atoms with van der Waals surface area (Å²) in [6, 6.07) is 0. The maximum atomic E-state index is 8.62. The molecule has 0 amide bonds. The molecule has 1 nitrogen and oxygen atoms in total. The summed E-state index contributed by atoms with van der Waals surface area (Å²) < 4.78 is 0. The van der Waals surface area contributed by atoms with E-state index in [-0.39, 0.29) is 0 Å². The van der Waals surface area contributed by atoms with Gasteiger partial charge in [-0.1, -0.05) is 47.0 Å². The zero-order chi connectivity index (χ0) is 10.3. The standard InChI is InChI=1S/C12H26O/c1-11(10-12(2,3)4)8-6-5-7-9-13/h11,13H,5-10H2,1-4H3. The van der Waals surface area contributed by atoms with Crippen LogP contribution in [0.4, 0.5) is 0 Å². The molecular weight excluding hydrogens is 160 g/mol. The summed E-state index contributed by atoms with van der Waals surface area (Å²) in [4.78, 5) is 0. The normalized spacial score (nSPS) is 14.5. The van der Waals surface area contributed by atoms with Crippen molar-refractivity contribution in [3.8, 4) is 0 Å². The van der Waals surface area contributed by atoms with Crippen LogP contribution in [0.25, 0.3) is 0 Å². The van der Waals surface area contributed by atoms with Crippen LogP contribution in [-0.2, 0) is 0 Å². The fraction of sp³-hybridized carbons (Fsp3) is 1.00. The zero-order valence-electron chi connectivity index (χ0n) is 9.77. The first-order chi connectivity index (χ1) is 5.95. The highest BCUT2D eigenvalue weighted by atomic mass is 16.2. The second-order valence-corrected chi connectivity index (χ2v) is 5.44. The molecule has 1 N–H and O–H groups in total. The molecule has 0 aromatic rings.